The molecule has 5 nitrogen and oxygen atoms in total. The van der Waals surface area contributed by atoms with Gasteiger partial charge in [-0.1, -0.05) is 6.92 Å². The molecule has 0 bridgehead atoms. The molecule has 0 spiro atoms. The zero-order valence-corrected chi connectivity index (χ0v) is 11.0. The van der Waals surface area contributed by atoms with Crippen molar-refractivity contribution < 1.29 is 14.3 Å². The smallest absolute Gasteiger partial charge is 0.244 e. The minimum atomic E-state index is -0.0506. The molecule has 3 rings (SSSR count). The maximum atomic E-state index is 12.3. The van der Waals surface area contributed by atoms with Crippen molar-refractivity contribution in [3.05, 3.63) is 18.2 Å². The van der Waals surface area contributed by atoms with Gasteiger partial charge >= 0.3 is 0 Å². The van der Waals surface area contributed by atoms with E-state index in [1.165, 1.54) is 0 Å². The third-order valence-corrected chi connectivity index (χ3v) is 3.51. The number of carbonyl (C=O) groups excluding carboxylic acids is 1. The van der Waals surface area contributed by atoms with Crippen LogP contribution in [0.25, 0.3) is 0 Å². The second-order valence-electron chi connectivity index (χ2n) is 4.82. The molecule has 0 radical (unpaired) electrons. The zero-order valence-electron chi connectivity index (χ0n) is 11.0. The van der Waals surface area contributed by atoms with Crippen LogP contribution in [0.3, 0.4) is 0 Å². The predicted octanol–water partition coefficient (Wildman–Crippen LogP) is 1.52. The van der Waals surface area contributed by atoms with Gasteiger partial charge in [0.05, 0.1) is 6.04 Å². The van der Waals surface area contributed by atoms with E-state index in [4.69, 9.17) is 9.47 Å². The number of carbonyl (C=O) groups is 1. The van der Waals surface area contributed by atoms with Crippen molar-refractivity contribution in [2.75, 3.05) is 24.8 Å². The molecule has 1 N–H and O–H groups in total. The summed E-state index contributed by atoms with van der Waals surface area (Å²) in [5, 5.41) is 3.29. The molecular weight excluding hydrogens is 244 g/mol. The van der Waals surface area contributed by atoms with Crippen LogP contribution in [-0.4, -0.2) is 31.8 Å². The SMILES string of the molecule is CCCNC1CCN(c2ccc3c(c2)OCO3)C1=O. The molecule has 0 aromatic heterocycles. The van der Waals surface area contributed by atoms with E-state index in [0.717, 1.165) is 43.1 Å². The molecule has 2 aliphatic rings. The molecule has 0 aliphatic carbocycles. The van der Waals surface area contributed by atoms with Crippen LogP contribution in [0.1, 0.15) is 19.8 Å². The summed E-state index contributed by atoms with van der Waals surface area (Å²) in [6.07, 6.45) is 1.89. The molecule has 1 aromatic rings. The first-order valence-electron chi connectivity index (χ1n) is 6.74. The Morgan fingerprint density at radius 2 is 2.21 bits per heavy atom. The van der Waals surface area contributed by atoms with Crippen molar-refractivity contribution >= 4 is 11.6 Å². The number of benzene rings is 1. The number of hydrogen-bond acceptors (Lipinski definition) is 4. The van der Waals surface area contributed by atoms with Gasteiger partial charge in [0.25, 0.3) is 0 Å². The van der Waals surface area contributed by atoms with Crippen LogP contribution >= 0.6 is 0 Å². The number of nitrogens with zero attached hydrogens (tertiary/aromatic N) is 1. The lowest BCUT2D eigenvalue weighted by molar-refractivity contribution is -0.118. The van der Waals surface area contributed by atoms with Crippen molar-refractivity contribution in [1.82, 2.24) is 5.32 Å². The summed E-state index contributed by atoms with van der Waals surface area (Å²) in [5.41, 5.74) is 0.884. The van der Waals surface area contributed by atoms with Gasteiger partial charge in [0.15, 0.2) is 11.5 Å². The van der Waals surface area contributed by atoms with Crippen LogP contribution in [-0.2, 0) is 4.79 Å². The maximum absolute atomic E-state index is 12.3. The highest BCUT2D eigenvalue weighted by molar-refractivity contribution is 5.99. The highest BCUT2D eigenvalue weighted by Gasteiger charge is 2.32. The van der Waals surface area contributed by atoms with Gasteiger partial charge in [-0.05, 0) is 31.5 Å². The first-order chi connectivity index (χ1) is 9.29. The minimum Gasteiger partial charge on any atom is -0.454 e. The van der Waals surface area contributed by atoms with Gasteiger partial charge in [0.2, 0.25) is 12.7 Å². The molecule has 102 valence electrons. The van der Waals surface area contributed by atoms with Gasteiger partial charge < -0.3 is 19.7 Å². The fourth-order valence-corrected chi connectivity index (χ4v) is 2.50. The number of amides is 1. The lowest BCUT2D eigenvalue weighted by atomic mass is 10.2. The Labute approximate surface area is 112 Å². The van der Waals surface area contributed by atoms with Gasteiger partial charge in [-0.2, -0.15) is 0 Å². The highest BCUT2D eigenvalue weighted by Crippen LogP contribution is 2.36. The summed E-state index contributed by atoms with van der Waals surface area (Å²) >= 11 is 0. The summed E-state index contributed by atoms with van der Waals surface area (Å²) in [7, 11) is 0. The third kappa shape index (κ3) is 2.26. The molecule has 1 atom stereocenters. The molecule has 1 fully saturated rings. The van der Waals surface area contributed by atoms with Gasteiger partial charge in [-0.25, -0.2) is 0 Å². The zero-order chi connectivity index (χ0) is 13.2. The second-order valence-corrected chi connectivity index (χ2v) is 4.82. The highest BCUT2D eigenvalue weighted by atomic mass is 16.7. The monoisotopic (exact) mass is 262 g/mol. The van der Waals surface area contributed by atoms with E-state index in [0.29, 0.717) is 0 Å². The number of hydrogen-bond donors (Lipinski definition) is 1. The molecular formula is C14H18N2O3. The summed E-state index contributed by atoms with van der Waals surface area (Å²) in [6.45, 7) is 3.99. The number of nitrogens with one attached hydrogen (secondary N) is 1. The molecule has 2 aliphatic heterocycles. The van der Waals surface area contributed by atoms with Crippen molar-refractivity contribution in [1.29, 1.82) is 0 Å². The summed E-state index contributed by atoms with van der Waals surface area (Å²) in [6, 6.07) is 5.60. The molecule has 5 heteroatoms. The van der Waals surface area contributed by atoms with Crippen LogP contribution in [0, 0.1) is 0 Å². The van der Waals surface area contributed by atoms with Crippen LogP contribution < -0.4 is 19.7 Å². The Morgan fingerprint density at radius 3 is 3.05 bits per heavy atom. The summed E-state index contributed by atoms with van der Waals surface area (Å²) < 4.78 is 10.6. The van der Waals surface area contributed by atoms with E-state index >= 15 is 0 Å². The number of fused-ring (bicyclic) bond motifs is 1. The average molecular weight is 262 g/mol. The largest absolute Gasteiger partial charge is 0.454 e. The molecule has 1 aromatic carbocycles. The normalized spacial score (nSPS) is 21.2. The van der Waals surface area contributed by atoms with Crippen LogP contribution in [0.5, 0.6) is 11.5 Å². The van der Waals surface area contributed by atoms with Crippen LogP contribution in [0.2, 0.25) is 0 Å². The minimum absolute atomic E-state index is 0.0506. The Morgan fingerprint density at radius 1 is 1.37 bits per heavy atom. The summed E-state index contributed by atoms with van der Waals surface area (Å²) in [5.74, 6) is 1.61. The van der Waals surface area contributed by atoms with E-state index < -0.39 is 0 Å². The predicted molar refractivity (Wildman–Crippen MR) is 71.6 cm³/mol. The first kappa shape index (κ1) is 12.3. The van der Waals surface area contributed by atoms with Gasteiger partial charge in [-0.3, -0.25) is 4.79 Å². The Kier molecular flexibility index (Phi) is 3.29. The van der Waals surface area contributed by atoms with Crippen LogP contribution in [0.4, 0.5) is 5.69 Å². The maximum Gasteiger partial charge on any atom is 0.244 e. The van der Waals surface area contributed by atoms with Crippen molar-refractivity contribution in [2.24, 2.45) is 0 Å². The third-order valence-electron chi connectivity index (χ3n) is 3.51. The average Bonchev–Trinajstić information content (AvgIpc) is 3.02. The number of rotatable bonds is 4. The Hall–Kier alpha value is -1.75. The number of ether oxygens (including phenoxy) is 2. The molecule has 19 heavy (non-hydrogen) atoms. The van der Waals surface area contributed by atoms with Gasteiger partial charge in [-0.15, -0.1) is 0 Å². The Bertz CT molecular complexity index is 490. The molecule has 2 heterocycles. The van der Waals surface area contributed by atoms with E-state index in [1.807, 2.05) is 23.1 Å². The quantitative estimate of drug-likeness (QED) is 0.894. The van der Waals surface area contributed by atoms with Gasteiger partial charge in [0.1, 0.15) is 0 Å². The number of anilines is 1. The fourth-order valence-electron chi connectivity index (χ4n) is 2.50. The van der Waals surface area contributed by atoms with Crippen LogP contribution in [0.15, 0.2) is 18.2 Å². The van der Waals surface area contributed by atoms with Crippen molar-refractivity contribution in [2.45, 2.75) is 25.8 Å². The molecule has 1 saturated heterocycles. The van der Waals surface area contributed by atoms with E-state index in [9.17, 15) is 4.79 Å². The van der Waals surface area contributed by atoms with Gasteiger partial charge in [0, 0.05) is 18.3 Å². The fraction of sp³-hybridized carbons (Fsp3) is 0.500. The van der Waals surface area contributed by atoms with Crippen molar-refractivity contribution in [3.8, 4) is 11.5 Å². The first-order valence-corrected chi connectivity index (χ1v) is 6.74. The summed E-state index contributed by atoms with van der Waals surface area (Å²) in [4.78, 5) is 14.1. The van der Waals surface area contributed by atoms with Crippen molar-refractivity contribution in [3.63, 3.8) is 0 Å². The van der Waals surface area contributed by atoms with E-state index in [1.54, 1.807) is 0 Å². The molecule has 1 amide bonds. The second kappa shape index (κ2) is 5.09. The standard InChI is InChI=1S/C14H18N2O3/c1-2-6-15-11-5-7-16(14(11)17)10-3-4-12-13(8-10)19-9-18-12/h3-4,8,11,15H,2,5-7,9H2,1H3. The topological polar surface area (TPSA) is 50.8 Å². The Balaban J connectivity index is 1.74. The van der Waals surface area contributed by atoms with E-state index in [-0.39, 0.29) is 18.7 Å². The lowest BCUT2D eigenvalue weighted by Crippen LogP contribution is -2.38. The van der Waals surface area contributed by atoms with E-state index in [2.05, 4.69) is 12.2 Å². The molecule has 1 unspecified atom stereocenters. The molecule has 0 saturated carbocycles. The lowest BCUT2D eigenvalue weighted by Gasteiger charge is -2.17.